The number of fused-ring (bicyclic) bond motifs is 1. The Kier molecular flexibility index (Phi) is 4.96. The zero-order chi connectivity index (χ0) is 16.4. The molecule has 1 aromatic heterocycles. The molecule has 23 heavy (non-hydrogen) atoms. The number of ether oxygens (including phenoxy) is 1. The van der Waals surface area contributed by atoms with Gasteiger partial charge in [-0.05, 0) is 40.2 Å². The minimum atomic E-state index is -0.254. The predicted octanol–water partition coefficient (Wildman–Crippen LogP) is 1.03. The molecule has 0 N–H and O–H groups in total. The lowest BCUT2D eigenvalue weighted by Gasteiger charge is -2.22. The van der Waals surface area contributed by atoms with E-state index in [1.165, 1.54) is 0 Å². The van der Waals surface area contributed by atoms with E-state index in [0.717, 1.165) is 50.5 Å². The fraction of sp³-hybridized carbons (Fsp3) is 0.812. The Labute approximate surface area is 137 Å². The predicted molar refractivity (Wildman–Crippen MR) is 85.6 cm³/mol. The van der Waals surface area contributed by atoms with Crippen LogP contribution in [0.4, 0.5) is 0 Å². The van der Waals surface area contributed by atoms with Crippen molar-refractivity contribution in [2.75, 3.05) is 20.2 Å². The van der Waals surface area contributed by atoms with Gasteiger partial charge in [0.1, 0.15) is 11.9 Å². The smallest absolute Gasteiger partial charge is 0.252 e. The summed E-state index contributed by atoms with van der Waals surface area (Å²) in [4.78, 5) is 16.7. The number of aromatic nitrogens is 3. The van der Waals surface area contributed by atoms with E-state index < -0.39 is 0 Å². The first-order chi connectivity index (χ1) is 11.1. The molecule has 0 bridgehead atoms. The van der Waals surface area contributed by atoms with Gasteiger partial charge >= 0.3 is 0 Å². The van der Waals surface area contributed by atoms with Gasteiger partial charge in [-0.2, -0.15) is 0 Å². The molecule has 7 nitrogen and oxygen atoms in total. The van der Waals surface area contributed by atoms with Crippen LogP contribution in [0.5, 0.6) is 0 Å². The van der Waals surface area contributed by atoms with Crippen LogP contribution >= 0.6 is 0 Å². The molecule has 1 atom stereocenters. The van der Waals surface area contributed by atoms with Crippen molar-refractivity contribution in [3.63, 3.8) is 0 Å². The average molecular weight is 321 g/mol. The molecule has 1 aromatic rings. The molecular formula is C16H27N5O2. The second kappa shape index (κ2) is 6.97. The molecule has 3 rings (SSSR count). The third-order valence-electron chi connectivity index (χ3n) is 4.84. The van der Waals surface area contributed by atoms with Crippen LogP contribution in [-0.2, 0) is 29.2 Å². The maximum atomic E-state index is 12.6. The number of amides is 1. The van der Waals surface area contributed by atoms with E-state index in [-0.39, 0.29) is 12.0 Å². The van der Waals surface area contributed by atoms with Gasteiger partial charge in [0.25, 0.3) is 5.91 Å². The van der Waals surface area contributed by atoms with Crippen molar-refractivity contribution in [1.29, 1.82) is 0 Å². The van der Waals surface area contributed by atoms with Crippen molar-refractivity contribution in [1.82, 2.24) is 24.6 Å². The van der Waals surface area contributed by atoms with Gasteiger partial charge in [0.15, 0.2) is 5.82 Å². The standard InChI is InChI=1S/C16H27N5O2/c1-12(2)19(3)10-14-17-18-15-11-20(7-5-8-21(14)15)16(22)13-6-4-9-23-13/h12-13H,4-11H2,1-3H3/t13-/m0/s1. The second-order valence-corrected chi connectivity index (χ2v) is 6.81. The summed E-state index contributed by atoms with van der Waals surface area (Å²) in [6, 6.07) is 0.464. The van der Waals surface area contributed by atoms with Crippen LogP contribution in [0.2, 0.25) is 0 Å². The van der Waals surface area contributed by atoms with Crippen molar-refractivity contribution in [2.45, 2.75) is 64.9 Å². The molecule has 128 valence electrons. The maximum Gasteiger partial charge on any atom is 0.252 e. The normalized spacial score (nSPS) is 21.8. The van der Waals surface area contributed by atoms with E-state index in [4.69, 9.17) is 4.74 Å². The molecule has 2 aliphatic rings. The number of nitrogens with zero attached hydrogens (tertiary/aromatic N) is 5. The van der Waals surface area contributed by atoms with Crippen LogP contribution in [-0.4, -0.2) is 62.8 Å². The largest absolute Gasteiger partial charge is 0.368 e. The summed E-state index contributed by atoms with van der Waals surface area (Å²) < 4.78 is 7.72. The molecule has 2 aliphatic heterocycles. The highest BCUT2D eigenvalue weighted by atomic mass is 16.5. The Bertz CT molecular complexity index is 551. The molecule has 7 heteroatoms. The Morgan fingerprint density at radius 1 is 1.35 bits per heavy atom. The summed E-state index contributed by atoms with van der Waals surface area (Å²) in [5.74, 6) is 1.99. The number of carbonyl (C=O) groups excluding carboxylic acids is 1. The van der Waals surface area contributed by atoms with Gasteiger partial charge < -0.3 is 14.2 Å². The number of hydrogen-bond acceptors (Lipinski definition) is 5. The maximum absolute atomic E-state index is 12.6. The Hall–Kier alpha value is -1.47. The molecule has 1 saturated heterocycles. The van der Waals surface area contributed by atoms with Crippen LogP contribution in [0, 0.1) is 0 Å². The quantitative estimate of drug-likeness (QED) is 0.829. The molecule has 0 aromatic carbocycles. The Balaban J connectivity index is 1.71. The summed E-state index contributed by atoms with van der Waals surface area (Å²) in [5.41, 5.74) is 0. The summed E-state index contributed by atoms with van der Waals surface area (Å²) in [6.07, 6.45) is 2.50. The fourth-order valence-corrected chi connectivity index (χ4v) is 3.10. The van der Waals surface area contributed by atoms with Gasteiger partial charge in [-0.15, -0.1) is 10.2 Å². The minimum absolute atomic E-state index is 0.111. The van der Waals surface area contributed by atoms with Crippen molar-refractivity contribution in [3.05, 3.63) is 11.6 Å². The molecule has 1 fully saturated rings. The SMILES string of the molecule is CC(C)N(C)Cc1nnc2n1CCCN(C(=O)[C@@H]1CCCO1)C2. The average Bonchev–Trinajstić information content (AvgIpc) is 3.12. The first kappa shape index (κ1) is 16.4. The van der Waals surface area contributed by atoms with Crippen LogP contribution in [0.15, 0.2) is 0 Å². The van der Waals surface area contributed by atoms with Gasteiger partial charge in [-0.25, -0.2) is 0 Å². The molecule has 1 amide bonds. The molecule has 0 spiro atoms. The van der Waals surface area contributed by atoms with Crippen molar-refractivity contribution in [3.8, 4) is 0 Å². The third-order valence-corrected chi connectivity index (χ3v) is 4.84. The second-order valence-electron chi connectivity index (χ2n) is 6.81. The number of rotatable bonds is 4. The van der Waals surface area contributed by atoms with E-state index in [1.807, 2.05) is 4.90 Å². The highest BCUT2D eigenvalue weighted by Gasteiger charge is 2.30. The Morgan fingerprint density at radius 2 is 2.17 bits per heavy atom. The van der Waals surface area contributed by atoms with Gasteiger partial charge in [-0.1, -0.05) is 0 Å². The molecule has 0 saturated carbocycles. The van der Waals surface area contributed by atoms with Crippen molar-refractivity contribution >= 4 is 5.91 Å². The summed E-state index contributed by atoms with van der Waals surface area (Å²) >= 11 is 0. The zero-order valence-electron chi connectivity index (χ0n) is 14.4. The van der Waals surface area contributed by atoms with Crippen molar-refractivity contribution in [2.24, 2.45) is 0 Å². The first-order valence-corrected chi connectivity index (χ1v) is 8.58. The van der Waals surface area contributed by atoms with Gasteiger partial charge in [0.05, 0.1) is 13.1 Å². The van der Waals surface area contributed by atoms with Crippen LogP contribution in [0.3, 0.4) is 0 Å². The van der Waals surface area contributed by atoms with E-state index >= 15 is 0 Å². The van der Waals surface area contributed by atoms with Gasteiger partial charge in [0, 0.05) is 25.7 Å². The first-order valence-electron chi connectivity index (χ1n) is 8.58. The number of hydrogen-bond donors (Lipinski definition) is 0. The summed E-state index contributed by atoms with van der Waals surface area (Å²) in [7, 11) is 2.09. The highest BCUT2D eigenvalue weighted by molar-refractivity contribution is 5.81. The van der Waals surface area contributed by atoms with Crippen molar-refractivity contribution < 1.29 is 9.53 Å². The van der Waals surface area contributed by atoms with Crippen LogP contribution < -0.4 is 0 Å². The van der Waals surface area contributed by atoms with E-state index in [2.05, 4.69) is 40.6 Å². The fourth-order valence-electron chi connectivity index (χ4n) is 3.10. The topological polar surface area (TPSA) is 63.5 Å². The monoisotopic (exact) mass is 321 g/mol. The molecular weight excluding hydrogens is 294 g/mol. The summed E-state index contributed by atoms with van der Waals surface area (Å²) in [5, 5.41) is 8.70. The van der Waals surface area contributed by atoms with Crippen LogP contribution in [0.25, 0.3) is 0 Å². The van der Waals surface area contributed by atoms with Gasteiger partial charge in [0.2, 0.25) is 0 Å². The molecule has 3 heterocycles. The lowest BCUT2D eigenvalue weighted by molar-refractivity contribution is -0.141. The van der Waals surface area contributed by atoms with E-state index in [0.29, 0.717) is 19.2 Å². The molecule has 0 radical (unpaired) electrons. The Morgan fingerprint density at radius 3 is 2.87 bits per heavy atom. The molecule has 0 unspecified atom stereocenters. The number of carbonyl (C=O) groups is 1. The summed E-state index contributed by atoms with van der Waals surface area (Å²) in [6.45, 7) is 8.00. The van der Waals surface area contributed by atoms with Crippen LogP contribution in [0.1, 0.15) is 44.8 Å². The van der Waals surface area contributed by atoms with E-state index in [9.17, 15) is 4.79 Å². The minimum Gasteiger partial charge on any atom is -0.368 e. The zero-order valence-corrected chi connectivity index (χ0v) is 14.4. The lowest BCUT2D eigenvalue weighted by Crippen LogP contribution is -2.38. The van der Waals surface area contributed by atoms with Gasteiger partial charge in [-0.3, -0.25) is 9.69 Å². The molecule has 0 aliphatic carbocycles. The highest BCUT2D eigenvalue weighted by Crippen LogP contribution is 2.19. The third kappa shape index (κ3) is 3.55. The lowest BCUT2D eigenvalue weighted by atomic mass is 10.2. The van der Waals surface area contributed by atoms with E-state index in [1.54, 1.807) is 0 Å².